The monoisotopic (exact) mass is 266 g/mol. The van der Waals surface area contributed by atoms with Crippen molar-refractivity contribution in [3.05, 3.63) is 29.6 Å². The first-order valence-corrected chi connectivity index (χ1v) is 7.01. The molecule has 3 nitrogen and oxygen atoms in total. The molecule has 3 N–H and O–H groups in total. The highest BCUT2D eigenvalue weighted by Gasteiger charge is 2.40. The van der Waals surface area contributed by atoms with Gasteiger partial charge in [-0.3, -0.25) is 0 Å². The Morgan fingerprint density at radius 3 is 2.79 bits per heavy atom. The number of nitrogens with two attached hydrogens (primary N) is 1. The number of ether oxygens (including phenoxy) is 1. The second-order valence-electron chi connectivity index (χ2n) is 5.33. The third-order valence-electron chi connectivity index (χ3n) is 3.78. The Hall–Kier alpha value is -1.13. The van der Waals surface area contributed by atoms with Gasteiger partial charge in [-0.1, -0.05) is 6.07 Å². The van der Waals surface area contributed by atoms with E-state index in [-0.39, 0.29) is 5.82 Å². The molecule has 0 heterocycles. The van der Waals surface area contributed by atoms with Crippen LogP contribution in [0.25, 0.3) is 0 Å². The second kappa shape index (κ2) is 6.35. The summed E-state index contributed by atoms with van der Waals surface area (Å²) in [7, 11) is 0. The van der Waals surface area contributed by atoms with Crippen LogP contribution in [0.15, 0.2) is 18.2 Å². The number of benzene rings is 1. The van der Waals surface area contributed by atoms with Crippen LogP contribution in [0, 0.1) is 11.2 Å². The maximum Gasteiger partial charge on any atom is 0.165 e. The van der Waals surface area contributed by atoms with Gasteiger partial charge < -0.3 is 15.8 Å². The molecule has 0 spiro atoms. The highest BCUT2D eigenvalue weighted by atomic mass is 19.1. The average molecular weight is 266 g/mol. The van der Waals surface area contributed by atoms with E-state index >= 15 is 0 Å². The van der Waals surface area contributed by atoms with Crippen LogP contribution in [0.1, 0.15) is 25.3 Å². The molecule has 0 unspecified atom stereocenters. The van der Waals surface area contributed by atoms with Crippen LogP contribution >= 0.6 is 0 Å². The van der Waals surface area contributed by atoms with E-state index in [1.807, 2.05) is 13.0 Å². The van der Waals surface area contributed by atoms with Crippen molar-refractivity contribution in [1.29, 1.82) is 0 Å². The summed E-state index contributed by atoms with van der Waals surface area (Å²) in [5.41, 5.74) is 7.07. The largest absolute Gasteiger partial charge is 0.491 e. The van der Waals surface area contributed by atoms with Crippen LogP contribution in [0.4, 0.5) is 4.39 Å². The van der Waals surface area contributed by atoms with Crippen LogP contribution < -0.4 is 15.8 Å². The van der Waals surface area contributed by atoms with E-state index in [0.717, 1.165) is 31.6 Å². The van der Waals surface area contributed by atoms with E-state index in [4.69, 9.17) is 10.5 Å². The minimum atomic E-state index is -0.278. The molecule has 1 aliphatic carbocycles. The normalized spacial score (nSPS) is 16.4. The SMILES string of the molecule is CCOc1ccc(CCNCC2(CN)CC2)cc1F. The fourth-order valence-electron chi connectivity index (χ4n) is 2.19. The Morgan fingerprint density at radius 2 is 2.21 bits per heavy atom. The highest BCUT2D eigenvalue weighted by Crippen LogP contribution is 2.43. The van der Waals surface area contributed by atoms with Gasteiger partial charge in [-0.15, -0.1) is 0 Å². The molecule has 1 aromatic rings. The van der Waals surface area contributed by atoms with E-state index in [2.05, 4.69) is 5.32 Å². The first-order chi connectivity index (χ1) is 9.19. The van der Waals surface area contributed by atoms with E-state index in [0.29, 0.717) is 17.8 Å². The average Bonchev–Trinajstić information content (AvgIpc) is 3.19. The van der Waals surface area contributed by atoms with Crippen molar-refractivity contribution < 1.29 is 9.13 Å². The summed E-state index contributed by atoms with van der Waals surface area (Å²) in [6.45, 7) is 4.93. The number of hydrogen-bond donors (Lipinski definition) is 2. The topological polar surface area (TPSA) is 47.3 Å². The number of halogens is 1. The van der Waals surface area contributed by atoms with Gasteiger partial charge >= 0.3 is 0 Å². The lowest BCUT2D eigenvalue weighted by molar-refractivity contribution is 0.321. The van der Waals surface area contributed by atoms with Gasteiger partial charge in [-0.2, -0.15) is 0 Å². The first-order valence-electron chi connectivity index (χ1n) is 7.01. The molecule has 0 bridgehead atoms. The summed E-state index contributed by atoms with van der Waals surface area (Å²) in [5.74, 6) is 0.0549. The molecule has 1 saturated carbocycles. The predicted octanol–water partition coefficient (Wildman–Crippen LogP) is 2.10. The molecule has 0 amide bonds. The second-order valence-corrected chi connectivity index (χ2v) is 5.33. The lowest BCUT2D eigenvalue weighted by Crippen LogP contribution is -2.30. The number of rotatable bonds is 8. The van der Waals surface area contributed by atoms with Crippen molar-refractivity contribution in [2.45, 2.75) is 26.2 Å². The fraction of sp³-hybridized carbons (Fsp3) is 0.600. The molecule has 0 atom stereocenters. The summed E-state index contributed by atoms with van der Waals surface area (Å²) in [5, 5.41) is 3.41. The molecule has 4 heteroatoms. The molecule has 0 saturated heterocycles. The Bertz CT molecular complexity index is 419. The Morgan fingerprint density at radius 1 is 1.42 bits per heavy atom. The first kappa shape index (κ1) is 14.3. The van der Waals surface area contributed by atoms with Crippen molar-refractivity contribution in [3.63, 3.8) is 0 Å². The summed E-state index contributed by atoms with van der Waals surface area (Å²) < 4.78 is 18.8. The quantitative estimate of drug-likeness (QED) is 0.708. The van der Waals surface area contributed by atoms with E-state index in [1.54, 1.807) is 12.1 Å². The summed E-state index contributed by atoms with van der Waals surface area (Å²) >= 11 is 0. The standard InChI is InChI=1S/C15H23FN2O/c1-2-19-14-4-3-12(9-13(14)16)5-8-18-11-15(10-17)6-7-15/h3-4,9,18H,2,5-8,10-11,17H2,1H3. The zero-order valence-electron chi connectivity index (χ0n) is 11.5. The Balaban J connectivity index is 1.75. The van der Waals surface area contributed by atoms with Gasteiger partial charge in [-0.25, -0.2) is 4.39 Å². The molecule has 1 aliphatic rings. The van der Waals surface area contributed by atoms with Gasteiger partial charge in [0.15, 0.2) is 11.6 Å². The molecule has 1 fully saturated rings. The van der Waals surface area contributed by atoms with Gasteiger partial charge in [0, 0.05) is 6.54 Å². The Labute approximate surface area is 114 Å². The summed E-state index contributed by atoms with van der Waals surface area (Å²) in [4.78, 5) is 0. The van der Waals surface area contributed by atoms with Crippen LogP contribution in [0.3, 0.4) is 0 Å². The van der Waals surface area contributed by atoms with Crippen molar-refractivity contribution in [3.8, 4) is 5.75 Å². The van der Waals surface area contributed by atoms with E-state index in [1.165, 1.54) is 12.8 Å². The minimum absolute atomic E-state index is 0.278. The van der Waals surface area contributed by atoms with Gasteiger partial charge in [0.1, 0.15) is 0 Å². The van der Waals surface area contributed by atoms with Crippen molar-refractivity contribution in [1.82, 2.24) is 5.32 Å². The highest BCUT2D eigenvalue weighted by molar-refractivity contribution is 5.29. The predicted molar refractivity (Wildman–Crippen MR) is 74.9 cm³/mol. The van der Waals surface area contributed by atoms with Gasteiger partial charge in [0.25, 0.3) is 0 Å². The minimum Gasteiger partial charge on any atom is -0.491 e. The molecule has 0 radical (unpaired) electrons. The molecule has 19 heavy (non-hydrogen) atoms. The lowest BCUT2D eigenvalue weighted by Gasteiger charge is -2.13. The molecule has 0 aliphatic heterocycles. The van der Waals surface area contributed by atoms with E-state index < -0.39 is 0 Å². The van der Waals surface area contributed by atoms with Gasteiger partial charge in [0.05, 0.1) is 6.61 Å². The lowest BCUT2D eigenvalue weighted by atomic mass is 10.1. The van der Waals surface area contributed by atoms with E-state index in [9.17, 15) is 4.39 Å². The molecule has 1 aromatic carbocycles. The van der Waals surface area contributed by atoms with Crippen LogP contribution in [-0.4, -0.2) is 26.2 Å². The zero-order chi connectivity index (χ0) is 13.7. The fourth-order valence-corrected chi connectivity index (χ4v) is 2.19. The van der Waals surface area contributed by atoms with Crippen molar-refractivity contribution in [2.75, 3.05) is 26.2 Å². The molecule has 0 aromatic heterocycles. The van der Waals surface area contributed by atoms with Crippen LogP contribution in [0.2, 0.25) is 0 Å². The third kappa shape index (κ3) is 3.91. The van der Waals surface area contributed by atoms with Crippen molar-refractivity contribution in [2.24, 2.45) is 11.1 Å². The van der Waals surface area contributed by atoms with Crippen LogP contribution in [0.5, 0.6) is 5.75 Å². The molecular formula is C15H23FN2O. The summed E-state index contributed by atoms with van der Waals surface area (Å²) in [6.07, 6.45) is 3.28. The number of hydrogen-bond acceptors (Lipinski definition) is 3. The summed E-state index contributed by atoms with van der Waals surface area (Å²) in [6, 6.07) is 5.19. The van der Waals surface area contributed by atoms with Gasteiger partial charge in [-0.05, 0) is 62.4 Å². The molecule has 106 valence electrons. The molecule has 2 rings (SSSR count). The smallest absolute Gasteiger partial charge is 0.165 e. The Kier molecular flexibility index (Phi) is 4.77. The zero-order valence-corrected chi connectivity index (χ0v) is 11.5. The van der Waals surface area contributed by atoms with Crippen molar-refractivity contribution >= 4 is 0 Å². The maximum absolute atomic E-state index is 13.6. The van der Waals surface area contributed by atoms with Gasteiger partial charge in [0.2, 0.25) is 0 Å². The molecular weight excluding hydrogens is 243 g/mol. The van der Waals surface area contributed by atoms with Crippen LogP contribution in [-0.2, 0) is 6.42 Å². The third-order valence-corrected chi connectivity index (χ3v) is 3.78. The number of nitrogens with one attached hydrogen (secondary N) is 1. The maximum atomic E-state index is 13.6.